The predicted octanol–water partition coefficient (Wildman–Crippen LogP) is 8.47. The van der Waals surface area contributed by atoms with Gasteiger partial charge in [0.2, 0.25) is 0 Å². The molecule has 0 amide bonds. The number of ether oxygens (including phenoxy) is 1. The van der Waals surface area contributed by atoms with Crippen LogP contribution in [-0.2, 0) is 9.53 Å². The normalized spacial score (nSPS) is 35.1. The summed E-state index contributed by atoms with van der Waals surface area (Å²) in [5.74, 6) is 4.06. The van der Waals surface area contributed by atoms with Crippen molar-refractivity contribution in [2.75, 3.05) is 0 Å². The van der Waals surface area contributed by atoms with Gasteiger partial charge in [-0.05, 0) is 87.9 Å². The summed E-state index contributed by atoms with van der Waals surface area (Å²) in [5.41, 5.74) is 0. The lowest BCUT2D eigenvalue weighted by molar-refractivity contribution is -0.157. The number of esters is 1. The minimum absolute atomic E-state index is 0.145. The Kier molecular flexibility index (Phi) is 10.5. The Labute approximate surface area is 187 Å². The molecule has 0 aromatic heterocycles. The van der Waals surface area contributed by atoms with Gasteiger partial charge in [0.15, 0.2) is 0 Å². The Hall–Kier alpha value is -0.530. The van der Waals surface area contributed by atoms with Crippen molar-refractivity contribution in [3.05, 3.63) is 0 Å². The molecule has 0 unspecified atom stereocenters. The summed E-state index contributed by atoms with van der Waals surface area (Å²) >= 11 is 0. The summed E-state index contributed by atoms with van der Waals surface area (Å²) in [6.45, 7) is 4.63. The van der Waals surface area contributed by atoms with Crippen LogP contribution in [0.1, 0.15) is 136 Å². The lowest BCUT2D eigenvalue weighted by Crippen LogP contribution is -2.32. The third-order valence-electron chi connectivity index (χ3n) is 9.03. The van der Waals surface area contributed by atoms with Crippen LogP contribution in [0.5, 0.6) is 0 Å². The second kappa shape index (κ2) is 13.1. The van der Waals surface area contributed by atoms with Crippen molar-refractivity contribution in [1.82, 2.24) is 0 Å². The van der Waals surface area contributed by atoms with Crippen molar-refractivity contribution in [3.8, 4) is 0 Å². The zero-order chi connectivity index (χ0) is 21.2. The van der Waals surface area contributed by atoms with E-state index < -0.39 is 0 Å². The SMILES string of the molecule is CCCCCCCC1CCC(OC(=O)C2CCC(C3CCC(CC)CC3)CC2)CC1. The van der Waals surface area contributed by atoms with Crippen LogP contribution in [0.3, 0.4) is 0 Å². The molecule has 0 aromatic carbocycles. The van der Waals surface area contributed by atoms with Crippen LogP contribution in [0.4, 0.5) is 0 Å². The summed E-state index contributed by atoms with van der Waals surface area (Å²) in [6.07, 6.45) is 25.2. The van der Waals surface area contributed by atoms with Gasteiger partial charge in [0, 0.05) is 0 Å². The first kappa shape index (κ1) is 24.1. The van der Waals surface area contributed by atoms with E-state index in [4.69, 9.17) is 4.74 Å². The summed E-state index contributed by atoms with van der Waals surface area (Å²) in [5, 5.41) is 0. The third kappa shape index (κ3) is 7.56. The van der Waals surface area contributed by atoms with Crippen molar-refractivity contribution >= 4 is 5.97 Å². The molecule has 174 valence electrons. The fraction of sp³-hybridized carbons (Fsp3) is 0.964. The molecule has 3 fully saturated rings. The quantitative estimate of drug-likeness (QED) is 0.263. The Balaban J connectivity index is 1.27. The van der Waals surface area contributed by atoms with Crippen molar-refractivity contribution in [1.29, 1.82) is 0 Å². The monoisotopic (exact) mass is 418 g/mol. The number of rotatable bonds is 10. The minimum Gasteiger partial charge on any atom is -0.462 e. The number of hydrogen-bond acceptors (Lipinski definition) is 2. The third-order valence-corrected chi connectivity index (χ3v) is 9.03. The largest absolute Gasteiger partial charge is 0.462 e. The van der Waals surface area contributed by atoms with Crippen LogP contribution >= 0.6 is 0 Å². The van der Waals surface area contributed by atoms with Crippen molar-refractivity contribution < 1.29 is 9.53 Å². The standard InChI is InChI=1S/C28H50O2/c1-3-5-6-7-8-9-23-12-20-27(21-13-23)30-28(29)26-18-16-25(17-19-26)24-14-10-22(4-2)11-15-24/h22-27H,3-21H2,1-2H3. The van der Waals surface area contributed by atoms with E-state index in [-0.39, 0.29) is 18.0 Å². The molecule has 3 aliphatic rings. The topological polar surface area (TPSA) is 26.3 Å². The minimum atomic E-state index is 0.145. The highest BCUT2D eigenvalue weighted by atomic mass is 16.5. The first-order chi connectivity index (χ1) is 14.7. The van der Waals surface area contributed by atoms with Gasteiger partial charge in [-0.3, -0.25) is 4.79 Å². The second-order valence-corrected chi connectivity index (χ2v) is 11.1. The molecule has 0 radical (unpaired) electrons. The van der Waals surface area contributed by atoms with E-state index >= 15 is 0 Å². The van der Waals surface area contributed by atoms with Gasteiger partial charge < -0.3 is 4.74 Å². The zero-order valence-electron chi connectivity index (χ0n) is 20.2. The van der Waals surface area contributed by atoms with Gasteiger partial charge in [-0.1, -0.05) is 71.6 Å². The first-order valence-electron chi connectivity index (χ1n) is 13.9. The Morgan fingerprint density at radius 2 is 1.23 bits per heavy atom. The maximum Gasteiger partial charge on any atom is 0.309 e. The van der Waals surface area contributed by atoms with E-state index in [9.17, 15) is 4.79 Å². The van der Waals surface area contributed by atoms with Crippen LogP contribution in [0.15, 0.2) is 0 Å². The molecule has 0 heterocycles. The zero-order valence-corrected chi connectivity index (χ0v) is 20.2. The Morgan fingerprint density at radius 3 is 1.83 bits per heavy atom. The van der Waals surface area contributed by atoms with Gasteiger partial charge in [0.1, 0.15) is 6.10 Å². The maximum atomic E-state index is 12.8. The molecule has 0 atom stereocenters. The predicted molar refractivity (Wildman–Crippen MR) is 126 cm³/mol. The molecule has 0 bridgehead atoms. The lowest BCUT2D eigenvalue weighted by atomic mass is 9.69. The maximum absolute atomic E-state index is 12.8. The van der Waals surface area contributed by atoms with E-state index in [2.05, 4.69) is 13.8 Å². The average Bonchev–Trinajstić information content (AvgIpc) is 2.80. The molecule has 2 nitrogen and oxygen atoms in total. The average molecular weight is 419 g/mol. The highest BCUT2D eigenvalue weighted by Gasteiger charge is 2.34. The van der Waals surface area contributed by atoms with Crippen LogP contribution < -0.4 is 0 Å². The first-order valence-corrected chi connectivity index (χ1v) is 13.9. The molecule has 0 spiro atoms. The van der Waals surface area contributed by atoms with Gasteiger partial charge in [-0.15, -0.1) is 0 Å². The number of carbonyl (C=O) groups excluding carboxylic acids is 1. The van der Waals surface area contributed by atoms with E-state index in [0.717, 1.165) is 49.4 Å². The molecular weight excluding hydrogens is 368 g/mol. The van der Waals surface area contributed by atoms with Crippen LogP contribution in [-0.4, -0.2) is 12.1 Å². The van der Waals surface area contributed by atoms with Crippen molar-refractivity contribution in [3.63, 3.8) is 0 Å². The molecule has 0 saturated heterocycles. The van der Waals surface area contributed by atoms with E-state index in [1.165, 1.54) is 96.3 Å². The van der Waals surface area contributed by atoms with E-state index in [0.29, 0.717) is 0 Å². The number of hydrogen-bond donors (Lipinski definition) is 0. The highest BCUT2D eigenvalue weighted by Crippen LogP contribution is 2.42. The van der Waals surface area contributed by atoms with Gasteiger partial charge in [0.05, 0.1) is 5.92 Å². The number of unbranched alkanes of at least 4 members (excludes halogenated alkanes) is 4. The van der Waals surface area contributed by atoms with E-state index in [1.807, 2.05) is 0 Å². The van der Waals surface area contributed by atoms with Crippen LogP contribution in [0.25, 0.3) is 0 Å². The summed E-state index contributed by atoms with van der Waals surface area (Å²) in [7, 11) is 0. The molecule has 3 saturated carbocycles. The fourth-order valence-electron chi connectivity index (χ4n) is 6.73. The number of carbonyl (C=O) groups is 1. The van der Waals surface area contributed by atoms with Gasteiger partial charge in [-0.2, -0.15) is 0 Å². The molecule has 2 heteroatoms. The Bertz CT molecular complexity index is 463. The Morgan fingerprint density at radius 1 is 0.667 bits per heavy atom. The smallest absolute Gasteiger partial charge is 0.309 e. The second-order valence-electron chi connectivity index (χ2n) is 11.1. The summed E-state index contributed by atoms with van der Waals surface area (Å²) < 4.78 is 6.01. The fourth-order valence-corrected chi connectivity index (χ4v) is 6.73. The van der Waals surface area contributed by atoms with Gasteiger partial charge in [0.25, 0.3) is 0 Å². The van der Waals surface area contributed by atoms with Crippen molar-refractivity contribution in [2.24, 2.45) is 29.6 Å². The highest BCUT2D eigenvalue weighted by molar-refractivity contribution is 5.72. The van der Waals surface area contributed by atoms with E-state index in [1.54, 1.807) is 0 Å². The molecule has 3 rings (SSSR count). The molecule has 0 N–H and O–H groups in total. The van der Waals surface area contributed by atoms with Crippen molar-refractivity contribution in [2.45, 2.75) is 142 Å². The van der Waals surface area contributed by atoms with Crippen LogP contribution in [0.2, 0.25) is 0 Å². The molecule has 30 heavy (non-hydrogen) atoms. The van der Waals surface area contributed by atoms with Gasteiger partial charge in [-0.25, -0.2) is 0 Å². The van der Waals surface area contributed by atoms with Crippen LogP contribution in [0, 0.1) is 29.6 Å². The molecule has 0 aromatic rings. The summed E-state index contributed by atoms with van der Waals surface area (Å²) in [4.78, 5) is 12.8. The molecule has 0 aliphatic heterocycles. The van der Waals surface area contributed by atoms with Gasteiger partial charge >= 0.3 is 5.97 Å². The molecule has 3 aliphatic carbocycles. The summed E-state index contributed by atoms with van der Waals surface area (Å²) in [6, 6.07) is 0. The molecular formula is C28H50O2. The lowest BCUT2D eigenvalue weighted by Gasteiger charge is -2.37.